The molecule has 1 fully saturated rings. The first-order valence-electron chi connectivity index (χ1n) is 6.40. The van der Waals surface area contributed by atoms with Gasteiger partial charge in [0.05, 0.1) is 6.10 Å². The molecule has 0 bridgehead atoms. The summed E-state index contributed by atoms with van der Waals surface area (Å²) in [5.74, 6) is 0. The Balaban J connectivity index is 2.30. The molecule has 1 aliphatic carbocycles. The van der Waals surface area contributed by atoms with Gasteiger partial charge in [-0.2, -0.15) is 0 Å². The highest BCUT2D eigenvalue weighted by Crippen LogP contribution is 2.38. The summed E-state index contributed by atoms with van der Waals surface area (Å²) in [5, 5.41) is 3.42. The molecular formula is C13H27NO. The topological polar surface area (TPSA) is 21.3 Å². The van der Waals surface area contributed by atoms with Crippen molar-refractivity contribution in [3.63, 3.8) is 0 Å². The normalized spacial score (nSPS) is 29.6. The Morgan fingerprint density at radius 2 is 2.07 bits per heavy atom. The zero-order valence-corrected chi connectivity index (χ0v) is 10.8. The summed E-state index contributed by atoms with van der Waals surface area (Å²) in [6.45, 7) is 7.84. The summed E-state index contributed by atoms with van der Waals surface area (Å²) in [6.07, 6.45) is 6.70. The predicted octanol–water partition coefficient (Wildman–Crippen LogP) is 2.97. The molecule has 1 rings (SSSR count). The van der Waals surface area contributed by atoms with Crippen molar-refractivity contribution in [3.05, 3.63) is 0 Å². The first-order chi connectivity index (χ1) is 7.11. The van der Waals surface area contributed by atoms with E-state index >= 15 is 0 Å². The second kappa shape index (κ2) is 5.86. The van der Waals surface area contributed by atoms with Gasteiger partial charge in [0.1, 0.15) is 0 Å². The number of hydrogen-bond acceptors (Lipinski definition) is 2. The van der Waals surface area contributed by atoms with E-state index in [1.54, 1.807) is 0 Å². The van der Waals surface area contributed by atoms with E-state index < -0.39 is 0 Å². The van der Waals surface area contributed by atoms with E-state index in [9.17, 15) is 0 Å². The SMILES string of the molecule is CCCCCOC1CCC(C)(C)C1NC. The van der Waals surface area contributed by atoms with Gasteiger partial charge in [0, 0.05) is 12.6 Å². The quantitative estimate of drug-likeness (QED) is 0.685. The van der Waals surface area contributed by atoms with Crippen molar-refractivity contribution in [2.75, 3.05) is 13.7 Å². The lowest BCUT2D eigenvalue weighted by atomic mass is 9.87. The van der Waals surface area contributed by atoms with Crippen LogP contribution >= 0.6 is 0 Å². The Bertz CT molecular complexity index is 179. The minimum atomic E-state index is 0.393. The van der Waals surface area contributed by atoms with Crippen molar-refractivity contribution >= 4 is 0 Å². The maximum atomic E-state index is 5.98. The lowest BCUT2D eigenvalue weighted by molar-refractivity contribution is 0.0269. The van der Waals surface area contributed by atoms with E-state index in [2.05, 4.69) is 33.1 Å². The molecule has 0 aromatic carbocycles. The predicted molar refractivity (Wildman–Crippen MR) is 65.1 cm³/mol. The van der Waals surface area contributed by atoms with E-state index in [-0.39, 0.29) is 0 Å². The van der Waals surface area contributed by atoms with Crippen LogP contribution in [0.25, 0.3) is 0 Å². The molecule has 1 N–H and O–H groups in total. The van der Waals surface area contributed by atoms with Crippen molar-refractivity contribution in [3.8, 4) is 0 Å². The minimum absolute atomic E-state index is 0.393. The number of likely N-dealkylation sites (N-methyl/N-ethyl adjacent to an activating group) is 1. The fraction of sp³-hybridized carbons (Fsp3) is 1.00. The van der Waals surface area contributed by atoms with Crippen LogP contribution in [0.3, 0.4) is 0 Å². The van der Waals surface area contributed by atoms with Gasteiger partial charge < -0.3 is 10.1 Å². The van der Waals surface area contributed by atoms with E-state index in [0.717, 1.165) is 6.61 Å². The van der Waals surface area contributed by atoms with Crippen LogP contribution in [-0.4, -0.2) is 25.8 Å². The Labute approximate surface area is 94.8 Å². The van der Waals surface area contributed by atoms with E-state index in [0.29, 0.717) is 17.6 Å². The highest BCUT2D eigenvalue weighted by atomic mass is 16.5. The zero-order chi connectivity index (χ0) is 11.3. The van der Waals surface area contributed by atoms with Crippen LogP contribution in [0, 0.1) is 5.41 Å². The third-order valence-corrected chi connectivity index (χ3v) is 3.68. The van der Waals surface area contributed by atoms with Crippen LogP contribution in [0.1, 0.15) is 52.9 Å². The molecule has 90 valence electrons. The summed E-state index contributed by atoms with van der Waals surface area (Å²) in [4.78, 5) is 0. The molecule has 0 saturated heterocycles. The van der Waals surface area contributed by atoms with Gasteiger partial charge in [-0.1, -0.05) is 33.6 Å². The fourth-order valence-corrected chi connectivity index (χ4v) is 2.68. The van der Waals surface area contributed by atoms with Crippen molar-refractivity contribution in [2.45, 2.75) is 65.0 Å². The van der Waals surface area contributed by atoms with Crippen molar-refractivity contribution in [1.29, 1.82) is 0 Å². The number of rotatable bonds is 6. The molecule has 2 unspecified atom stereocenters. The van der Waals surface area contributed by atoms with Crippen LogP contribution in [0.15, 0.2) is 0 Å². The van der Waals surface area contributed by atoms with E-state index in [1.165, 1.54) is 32.1 Å². The molecule has 2 nitrogen and oxygen atoms in total. The number of nitrogens with one attached hydrogen (secondary N) is 1. The van der Waals surface area contributed by atoms with Gasteiger partial charge in [-0.3, -0.25) is 0 Å². The number of ether oxygens (including phenoxy) is 1. The number of unbranched alkanes of at least 4 members (excludes halogenated alkanes) is 2. The number of hydrogen-bond donors (Lipinski definition) is 1. The second-order valence-corrected chi connectivity index (χ2v) is 5.41. The molecule has 1 aliphatic rings. The summed E-state index contributed by atoms with van der Waals surface area (Å²) in [5.41, 5.74) is 0.393. The Kier molecular flexibility index (Phi) is 5.07. The summed E-state index contributed by atoms with van der Waals surface area (Å²) in [7, 11) is 2.06. The van der Waals surface area contributed by atoms with Crippen molar-refractivity contribution < 1.29 is 4.74 Å². The largest absolute Gasteiger partial charge is 0.377 e. The highest BCUT2D eigenvalue weighted by molar-refractivity contribution is 4.96. The standard InChI is InChI=1S/C13H27NO/c1-5-6-7-10-15-11-8-9-13(2,3)12(11)14-4/h11-12,14H,5-10H2,1-4H3. The van der Waals surface area contributed by atoms with Crippen LogP contribution in [0.2, 0.25) is 0 Å². The maximum absolute atomic E-state index is 5.98. The monoisotopic (exact) mass is 213 g/mol. The third-order valence-electron chi connectivity index (χ3n) is 3.68. The molecule has 0 aromatic rings. The first-order valence-corrected chi connectivity index (χ1v) is 6.40. The van der Waals surface area contributed by atoms with Gasteiger partial charge in [-0.15, -0.1) is 0 Å². The van der Waals surface area contributed by atoms with Crippen LogP contribution in [0.5, 0.6) is 0 Å². The van der Waals surface area contributed by atoms with Gasteiger partial charge in [0.15, 0.2) is 0 Å². The summed E-state index contributed by atoms with van der Waals surface area (Å²) >= 11 is 0. The Morgan fingerprint density at radius 1 is 1.33 bits per heavy atom. The van der Waals surface area contributed by atoms with Crippen LogP contribution < -0.4 is 5.32 Å². The van der Waals surface area contributed by atoms with Crippen molar-refractivity contribution in [1.82, 2.24) is 5.32 Å². The van der Waals surface area contributed by atoms with Gasteiger partial charge in [-0.25, -0.2) is 0 Å². The third kappa shape index (κ3) is 3.46. The van der Waals surface area contributed by atoms with Gasteiger partial charge in [-0.05, 0) is 31.7 Å². The lowest BCUT2D eigenvalue weighted by Crippen LogP contribution is -2.43. The molecule has 0 heterocycles. The molecule has 0 aliphatic heterocycles. The summed E-state index contributed by atoms with van der Waals surface area (Å²) in [6, 6.07) is 0.527. The Hall–Kier alpha value is -0.0800. The zero-order valence-electron chi connectivity index (χ0n) is 10.8. The fourth-order valence-electron chi connectivity index (χ4n) is 2.68. The second-order valence-electron chi connectivity index (χ2n) is 5.41. The smallest absolute Gasteiger partial charge is 0.0733 e. The van der Waals surface area contributed by atoms with Gasteiger partial charge >= 0.3 is 0 Å². The summed E-state index contributed by atoms with van der Waals surface area (Å²) < 4.78 is 5.98. The highest BCUT2D eigenvalue weighted by Gasteiger charge is 2.41. The molecule has 2 atom stereocenters. The molecule has 0 aromatic heterocycles. The molecule has 0 spiro atoms. The average molecular weight is 213 g/mol. The lowest BCUT2D eigenvalue weighted by Gasteiger charge is -2.30. The first kappa shape index (κ1) is 13.0. The Morgan fingerprint density at radius 3 is 2.67 bits per heavy atom. The molecule has 15 heavy (non-hydrogen) atoms. The minimum Gasteiger partial charge on any atom is -0.377 e. The molecule has 1 saturated carbocycles. The van der Waals surface area contributed by atoms with Crippen LogP contribution in [0.4, 0.5) is 0 Å². The molecular weight excluding hydrogens is 186 g/mol. The van der Waals surface area contributed by atoms with Gasteiger partial charge in [0.25, 0.3) is 0 Å². The maximum Gasteiger partial charge on any atom is 0.0733 e. The van der Waals surface area contributed by atoms with Gasteiger partial charge in [0.2, 0.25) is 0 Å². The van der Waals surface area contributed by atoms with Crippen LogP contribution in [-0.2, 0) is 4.74 Å². The average Bonchev–Trinajstić information content (AvgIpc) is 2.48. The van der Waals surface area contributed by atoms with Crippen molar-refractivity contribution in [2.24, 2.45) is 5.41 Å². The molecule has 0 amide bonds. The molecule has 0 radical (unpaired) electrons. The van der Waals surface area contributed by atoms with E-state index in [4.69, 9.17) is 4.74 Å². The van der Waals surface area contributed by atoms with E-state index in [1.807, 2.05) is 0 Å². The molecule has 2 heteroatoms.